The SMILES string of the molecule is C.CCCCOc1cc2c(cc1OC)CCN1Cc3c(c4cc(OC)ccc4n3CO)CC21. The fourth-order valence-corrected chi connectivity index (χ4v) is 5.33. The lowest BCUT2D eigenvalue weighted by Gasteiger charge is -2.41. The van der Waals surface area contributed by atoms with Gasteiger partial charge in [-0.2, -0.15) is 0 Å². The maximum absolute atomic E-state index is 10.1. The van der Waals surface area contributed by atoms with Crippen molar-refractivity contribution < 1.29 is 19.3 Å². The van der Waals surface area contributed by atoms with Crippen LogP contribution in [0.1, 0.15) is 55.6 Å². The maximum Gasteiger partial charge on any atom is 0.161 e. The average Bonchev–Trinajstić information content (AvgIpc) is 3.14. The van der Waals surface area contributed by atoms with Crippen molar-refractivity contribution in [3.8, 4) is 17.2 Å². The number of aliphatic hydroxyl groups is 1. The zero-order valence-electron chi connectivity index (χ0n) is 19.2. The predicted molar refractivity (Wildman–Crippen MR) is 131 cm³/mol. The van der Waals surface area contributed by atoms with Crippen LogP contribution in [0.4, 0.5) is 0 Å². The highest BCUT2D eigenvalue weighted by molar-refractivity contribution is 5.87. The Bertz CT molecular complexity index is 1140. The van der Waals surface area contributed by atoms with Gasteiger partial charge in [-0.15, -0.1) is 0 Å². The number of methoxy groups -OCH3 is 2. The number of aromatic nitrogens is 1. The minimum absolute atomic E-state index is 0. The topological polar surface area (TPSA) is 56.1 Å². The molecule has 1 atom stereocenters. The number of nitrogens with zero attached hydrogens (tertiary/aromatic N) is 2. The van der Waals surface area contributed by atoms with Gasteiger partial charge in [0.15, 0.2) is 11.5 Å². The van der Waals surface area contributed by atoms with Crippen molar-refractivity contribution in [1.29, 1.82) is 0 Å². The quantitative estimate of drug-likeness (QED) is 0.507. The summed E-state index contributed by atoms with van der Waals surface area (Å²) >= 11 is 0. The molecule has 0 amide bonds. The van der Waals surface area contributed by atoms with Gasteiger partial charge in [0.1, 0.15) is 12.5 Å². The molecule has 0 aliphatic carbocycles. The molecule has 2 aliphatic rings. The molecule has 1 unspecified atom stereocenters. The fraction of sp³-hybridized carbons (Fsp3) is 0.481. The molecule has 178 valence electrons. The monoisotopic (exact) mass is 452 g/mol. The van der Waals surface area contributed by atoms with Crippen molar-refractivity contribution in [2.75, 3.05) is 27.4 Å². The first-order valence-corrected chi connectivity index (χ1v) is 11.5. The zero-order chi connectivity index (χ0) is 22.2. The summed E-state index contributed by atoms with van der Waals surface area (Å²) in [4.78, 5) is 2.54. The maximum atomic E-state index is 10.1. The number of aliphatic hydroxyl groups excluding tert-OH is 1. The van der Waals surface area contributed by atoms with Crippen LogP contribution in [-0.2, 0) is 26.1 Å². The molecule has 0 saturated heterocycles. The Morgan fingerprint density at radius 1 is 1.09 bits per heavy atom. The molecule has 33 heavy (non-hydrogen) atoms. The van der Waals surface area contributed by atoms with E-state index < -0.39 is 0 Å². The van der Waals surface area contributed by atoms with E-state index in [-0.39, 0.29) is 20.2 Å². The Morgan fingerprint density at radius 2 is 1.94 bits per heavy atom. The Morgan fingerprint density at radius 3 is 2.67 bits per heavy atom. The van der Waals surface area contributed by atoms with Crippen LogP contribution >= 0.6 is 0 Å². The largest absolute Gasteiger partial charge is 0.497 e. The Balaban J connectivity index is 0.00000259. The van der Waals surface area contributed by atoms with Gasteiger partial charge >= 0.3 is 0 Å². The summed E-state index contributed by atoms with van der Waals surface area (Å²) in [5.41, 5.74) is 6.27. The van der Waals surface area contributed by atoms with Crippen LogP contribution in [0.5, 0.6) is 17.2 Å². The van der Waals surface area contributed by atoms with Crippen LogP contribution in [0.3, 0.4) is 0 Å². The molecule has 3 aromatic rings. The van der Waals surface area contributed by atoms with Crippen molar-refractivity contribution in [1.82, 2.24) is 9.47 Å². The second kappa shape index (κ2) is 9.65. The standard InChI is InChI=1S/C26H32N2O4.CH4/c1-4-5-10-32-26-14-19-17(11-25(26)31-3)8-9-27-15-24-21(13-23(19)27)20-12-18(30-2)6-7-22(20)28(24)16-29;/h6-7,11-12,14,23,29H,4-5,8-10,13,15-16H2,1-3H3;1H4. The number of ether oxygens (including phenoxy) is 3. The van der Waals surface area contributed by atoms with Gasteiger partial charge in [0.05, 0.1) is 26.3 Å². The van der Waals surface area contributed by atoms with Crippen molar-refractivity contribution in [2.45, 2.75) is 59.4 Å². The molecule has 6 nitrogen and oxygen atoms in total. The summed E-state index contributed by atoms with van der Waals surface area (Å²) in [5.74, 6) is 2.51. The van der Waals surface area contributed by atoms with E-state index in [1.54, 1.807) is 14.2 Å². The fourth-order valence-electron chi connectivity index (χ4n) is 5.33. The molecule has 5 rings (SSSR count). The van der Waals surface area contributed by atoms with Gasteiger partial charge in [-0.1, -0.05) is 20.8 Å². The second-order valence-corrected chi connectivity index (χ2v) is 8.72. The highest BCUT2D eigenvalue weighted by Gasteiger charge is 2.36. The number of hydrogen-bond acceptors (Lipinski definition) is 5. The van der Waals surface area contributed by atoms with Crippen LogP contribution < -0.4 is 14.2 Å². The lowest BCUT2D eigenvalue weighted by molar-refractivity contribution is 0.145. The van der Waals surface area contributed by atoms with E-state index in [9.17, 15) is 5.11 Å². The van der Waals surface area contributed by atoms with Crippen LogP contribution in [0.15, 0.2) is 30.3 Å². The molecule has 1 N–H and O–H groups in total. The smallest absolute Gasteiger partial charge is 0.161 e. The summed E-state index contributed by atoms with van der Waals surface area (Å²) in [6.45, 7) is 4.68. The second-order valence-electron chi connectivity index (χ2n) is 8.72. The lowest BCUT2D eigenvalue weighted by atomic mass is 9.85. The summed E-state index contributed by atoms with van der Waals surface area (Å²) in [5, 5.41) is 11.3. The summed E-state index contributed by atoms with van der Waals surface area (Å²) in [7, 11) is 3.41. The van der Waals surface area contributed by atoms with Crippen LogP contribution in [0.2, 0.25) is 0 Å². The van der Waals surface area contributed by atoms with Crippen molar-refractivity contribution >= 4 is 10.9 Å². The molecule has 2 aromatic carbocycles. The molecule has 2 aliphatic heterocycles. The van der Waals surface area contributed by atoms with Crippen LogP contribution in [0, 0.1) is 0 Å². The van der Waals surface area contributed by atoms with Gasteiger partial charge in [0, 0.05) is 30.2 Å². The molecule has 0 radical (unpaired) electrons. The third-order valence-electron chi connectivity index (χ3n) is 7.03. The van der Waals surface area contributed by atoms with Gasteiger partial charge < -0.3 is 23.9 Å². The van der Waals surface area contributed by atoms with E-state index in [0.29, 0.717) is 6.61 Å². The van der Waals surface area contributed by atoms with E-state index in [2.05, 4.69) is 36.1 Å². The first-order valence-electron chi connectivity index (χ1n) is 11.5. The predicted octanol–water partition coefficient (Wildman–Crippen LogP) is 5.08. The summed E-state index contributed by atoms with van der Waals surface area (Å²) in [6, 6.07) is 10.8. The van der Waals surface area contributed by atoms with Crippen molar-refractivity contribution in [2.24, 2.45) is 0 Å². The molecule has 0 bridgehead atoms. The number of fused-ring (bicyclic) bond motifs is 6. The minimum atomic E-state index is -0.0140. The molecule has 1 aromatic heterocycles. The molecule has 6 heteroatoms. The zero-order valence-corrected chi connectivity index (χ0v) is 19.2. The molecule has 0 saturated carbocycles. The highest BCUT2D eigenvalue weighted by Crippen LogP contribution is 2.45. The molecular formula is C27H36N2O4. The van der Waals surface area contributed by atoms with E-state index in [1.807, 2.05) is 10.6 Å². The van der Waals surface area contributed by atoms with Crippen molar-refractivity contribution in [3.63, 3.8) is 0 Å². The van der Waals surface area contributed by atoms with Gasteiger partial charge in [-0.3, -0.25) is 4.90 Å². The van der Waals surface area contributed by atoms with E-state index in [0.717, 1.165) is 61.5 Å². The normalized spacial score (nSPS) is 17.0. The molecular weight excluding hydrogens is 416 g/mol. The Labute approximate surface area is 196 Å². The highest BCUT2D eigenvalue weighted by atomic mass is 16.5. The third kappa shape index (κ3) is 3.96. The number of benzene rings is 2. The number of rotatable bonds is 7. The molecule has 3 heterocycles. The minimum Gasteiger partial charge on any atom is -0.497 e. The average molecular weight is 453 g/mol. The molecule has 0 spiro atoms. The first kappa shape index (κ1) is 23.5. The summed E-state index contributed by atoms with van der Waals surface area (Å²) in [6.07, 6.45) is 4.02. The molecule has 0 fully saturated rings. The van der Waals surface area contributed by atoms with Crippen LogP contribution in [-0.4, -0.2) is 41.9 Å². The van der Waals surface area contributed by atoms with E-state index in [4.69, 9.17) is 14.2 Å². The van der Waals surface area contributed by atoms with Gasteiger partial charge in [-0.05, 0) is 66.3 Å². The number of unbranched alkanes of at least 4 members (excludes halogenated alkanes) is 1. The Kier molecular flexibility index (Phi) is 6.86. The summed E-state index contributed by atoms with van der Waals surface area (Å²) < 4.78 is 19.3. The van der Waals surface area contributed by atoms with Gasteiger partial charge in [-0.25, -0.2) is 0 Å². The van der Waals surface area contributed by atoms with E-state index in [1.165, 1.54) is 27.8 Å². The third-order valence-corrected chi connectivity index (χ3v) is 7.03. The number of hydrogen-bond donors (Lipinski definition) is 1. The van der Waals surface area contributed by atoms with Gasteiger partial charge in [0.2, 0.25) is 0 Å². The van der Waals surface area contributed by atoms with Crippen LogP contribution in [0.25, 0.3) is 10.9 Å². The van der Waals surface area contributed by atoms with E-state index >= 15 is 0 Å². The van der Waals surface area contributed by atoms with Crippen molar-refractivity contribution in [3.05, 3.63) is 52.7 Å². The lowest BCUT2D eigenvalue weighted by Crippen LogP contribution is -2.39. The first-order chi connectivity index (χ1) is 15.7. The van der Waals surface area contributed by atoms with Gasteiger partial charge in [0.25, 0.3) is 0 Å². The Hall–Kier alpha value is -2.70.